The summed E-state index contributed by atoms with van der Waals surface area (Å²) >= 11 is 0. The number of rotatable bonds is 1. The Morgan fingerprint density at radius 1 is 1.33 bits per heavy atom. The highest BCUT2D eigenvalue weighted by molar-refractivity contribution is 5.66. The van der Waals surface area contributed by atoms with Crippen LogP contribution in [-0.2, 0) is 6.42 Å². The molecule has 80 valence electrons. The number of anilines is 1. The van der Waals surface area contributed by atoms with Crippen LogP contribution in [0.5, 0.6) is 0 Å². The maximum atomic E-state index is 6.07. The minimum absolute atomic E-state index is 0.513. The molecule has 2 N–H and O–H groups in total. The first kappa shape index (κ1) is 10.3. The molecule has 0 spiro atoms. The zero-order valence-corrected chi connectivity index (χ0v) is 9.75. The van der Waals surface area contributed by atoms with E-state index in [1.807, 2.05) is 6.07 Å². The van der Waals surface area contributed by atoms with E-state index < -0.39 is 0 Å². The van der Waals surface area contributed by atoms with Crippen LogP contribution < -0.4 is 5.73 Å². The second kappa shape index (κ2) is 3.73. The number of benzene rings is 1. The quantitative estimate of drug-likeness (QED) is 0.690. The Morgan fingerprint density at radius 3 is 2.73 bits per heavy atom. The molecule has 0 radical (unpaired) electrons. The van der Waals surface area contributed by atoms with Gasteiger partial charge in [-0.3, -0.25) is 0 Å². The summed E-state index contributed by atoms with van der Waals surface area (Å²) in [6, 6.07) is 4.17. The van der Waals surface area contributed by atoms with E-state index >= 15 is 0 Å². The van der Waals surface area contributed by atoms with Gasteiger partial charge in [0.1, 0.15) is 0 Å². The normalized spacial score (nSPS) is 19.3. The molecule has 0 heterocycles. The fourth-order valence-electron chi connectivity index (χ4n) is 2.42. The van der Waals surface area contributed by atoms with E-state index in [9.17, 15) is 0 Å². The van der Waals surface area contributed by atoms with E-state index in [2.05, 4.69) is 39.0 Å². The highest BCUT2D eigenvalue weighted by atomic mass is 14.6. The maximum absolute atomic E-state index is 6.07. The molecule has 1 heteroatoms. The SMILES string of the molecule is CC1C=Cc2ccc(N)c(C(C)C)c2C1. The van der Waals surface area contributed by atoms with Gasteiger partial charge in [-0.1, -0.05) is 39.0 Å². The lowest BCUT2D eigenvalue weighted by Crippen LogP contribution is -2.10. The van der Waals surface area contributed by atoms with Gasteiger partial charge in [0.05, 0.1) is 0 Å². The van der Waals surface area contributed by atoms with E-state index in [0.29, 0.717) is 11.8 Å². The van der Waals surface area contributed by atoms with Crippen molar-refractivity contribution in [2.75, 3.05) is 5.73 Å². The lowest BCUT2D eigenvalue weighted by Gasteiger charge is -2.23. The van der Waals surface area contributed by atoms with Crippen LogP contribution in [0, 0.1) is 5.92 Å². The number of hydrogen-bond acceptors (Lipinski definition) is 1. The van der Waals surface area contributed by atoms with Gasteiger partial charge >= 0.3 is 0 Å². The minimum atomic E-state index is 0.513. The third kappa shape index (κ3) is 1.79. The van der Waals surface area contributed by atoms with Gasteiger partial charge in [-0.05, 0) is 41.0 Å². The highest BCUT2D eigenvalue weighted by Crippen LogP contribution is 2.33. The van der Waals surface area contributed by atoms with Gasteiger partial charge in [-0.2, -0.15) is 0 Å². The van der Waals surface area contributed by atoms with Crippen molar-refractivity contribution in [3.8, 4) is 0 Å². The Kier molecular flexibility index (Phi) is 2.56. The van der Waals surface area contributed by atoms with Crippen LogP contribution in [-0.4, -0.2) is 0 Å². The maximum Gasteiger partial charge on any atom is 0.0352 e. The molecule has 1 aliphatic rings. The highest BCUT2D eigenvalue weighted by Gasteiger charge is 2.17. The predicted molar refractivity (Wildman–Crippen MR) is 66.8 cm³/mol. The predicted octanol–water partition coefficient (Wildman–Crippen LogP) is 3.60. The lowest BCUT2D eigenvalue weighted by molar-refractivity contribution is 0.701. The zero-order valence-electron chi connectivity index (χ0n) is 9.75. The first-order valence-corrected chi connectivity index (χ1v) is 5.69. The first-order chi connectivity index (χ1) is 7.09. The molecule has 0 saturated carbocycles. The summed E-state index contributed by atoms with van der Waals surface area (Å²) < 4.78 is 0. The molecule has 0 saturated heterocycles. The average Bonchev–Trinajstić information content (AvgIpc) is 2.16. The van der Waals surface area contributed by atoms with Gasteiger partial charge in [-0.15, -0.1) is 0 Å². The Morgan fingerprint density at radius 2 is 2.07 bits per heavy atom. The molecule has 0 bridgehead atoms. The summed E-state index contributed by atoms with van der Waals surface area (Å²) in [6.45, 7) is 6.69. The Bertz CT molecular complexity index is 402. The average molecular weight is 201 g/mol. The van der Waals surface area contributed by atoms with Gasteiger partial charge in [0.15, 0.2) is 0 Å². The third-order valence-electron chi connectivity index (χ3n) is 3.13. The molecular formula is C14H19N. The van der Waals surface area contributed by atoms with Crippen LogP contribution in [0.4, 0.5) is 5.69 Å². The van der Waals surface area contributed by atoms with E-state index in [0.717, 1.165) is 12.1 Å². The van der Waals surface area contributed by atoms with Crippen molar-refractivity contribution in [1.29, 1.82) is 0 Å². The second-order valence-corrected chi connectivity index (χ2v) is 4.83. The third-order valence-corrected chi connectivity index (χ3v) is 3.13. The van der Waals surface area contributed by atoms with Crippen molar-refractivity contribution in [2.45, 2.75) is 33.1 Å². The molecule has 15 heavy (non-hydrogen) atoms. The molecule has 0 aromatic heterocycles. The first-order valence-electron chi connectivity index (χ1n) is 5.69. The number of allylic oxidation sites excluding steroid dienone is 1. The van der Waals surface area contributed by atoms with Crippen LogP contribution in [0.3, 0.4) is 0 Å². The molecule has 1 aliphatic carbocycles. The van der Waals surface area contributed by atoms with Gasteiger partial charge in [0.25, 0.3) is 0 Å². The smallest absolute Gasteiger partial charge is 0.0352 e. The number of nitrogen functional groups attached to an aromatic ring is 1. The van der Waals surface area contributed by atoms with Crippen molar-refractivity contribution >= 4 is 11.8 Å². The fourth-order valence-corrected chi connectivity index (χ4v) is 2.42. The summed E-state index contributed by atoms with van der Waals surface area (Å²) in [5, 5.41) is 0. The van der Waals surface area contributed by atoms with E-state index in [-0.39, 0.29) is 0 Å². The standard InChI is InChI=1S/C14H19N/c1-9(2)14-12-8-10(3)4-5-11(12)6-7-13(14)15/h4-7,9-10H,8,15H2,1-3H3. The molecule has 0 aliphatic heterocycles. The van der Waals surface area contributed by atoms with Gasteiger partial charge < -0.3 is 5.73 Å². The van der Waals surface area contributed by atoms with Crippen molar-refractivity contribution in [3.05, 3.63) is 34.9 Å². The van der Waals surface area contributed by atoms with Gasteiger partial charge in [0.2, 0.25) is 0 Å². The van der Waals surface area contributed by atoms with Crippen LogP contribution in [0.25, 0.3) is 6.08 Å². The van der Waals surface area contributed by atoms with Crippen molar-refractivity contribution in [1.82, 2.24) is 0 Å². The molecule has 1 unspecified atom stereocenters. The molecule has 1 nitrogen and oxygen atoms in total. The molecule has 0 fully saturated rings. The molecular weight excluding hydrogens is 182 g/mol. The fraction of sp³-hybridized carbons (Fsp3) is 0.429. The van der Waals surface area contributed by atoms with Crippen molar-refractivity contribution < 1.29 is 0 Å². The molecule has 1 aromatic rings. The molecule has 2 rings (SSSR count). The summed E-state index contributed by atoms with van der Waals surface area (Å²) in [5.41, 5.74) is 11.2. The number of nitrogens with two attached hydrogens (primary N) is 1. The van der Waals surface area contributed by atoms with Crippen molar-refractivity contribution in [2.24, 2.45) is 5.92 Å². The summed E-state index contributed by atoms with van der Waals surface area (Å²) in [7, 11) is 0. The monoisotopic (exact) mass is 201 g/mol. The Hall–Kier alpha value is -1.24. The molecule has 0 amide bonds. The van der Waals surface area contributed by atoms with Gasteiger partial charge in [-0.25, -0.2) is 0 Å². The molecule has 1 atom stereocenters. The summed E-state index contributed by atoms with van der Waals surface area (Å²) in [6.07, 6.45) is 5.64. The Balaban J connectivity index is 2.59. The second-order valence-electron chi connectivity index (χ2n) is 4.83. The van der Waals surface area contributed by atoms with Crippen LogP contribution in [0.2, 0.25) is 0 Å². The number of fused-ring (bicyclic) bond motifs is 1. The Labute approximate surface area is 92.0 Å². The van der Waals surface area contributed by atoms with Gasteiger partial charge in [0, 0.05) is 5.69 Å². The van der Waals surface area contributed by atoms with Crippen molar-refractivity contribution in [3.63, 3.8) is 0 Å². The largest absolute Gasteiger partial charge is 0.398 e. The minimum Gasteiger partial charge on any atom is -0.398 e. The van der Waals surface area contributed by atoms with Crippen LogP contribution in [0.15, 0.2) is 18.2 Å². The van der Waals surface area contributed by atoms with Crippen LogP contribution >= 0.6 is 0 Å². The topological polar surface area (TPSA) is 26.0 Å². The van der Waals surface area contributed by atoms with Crippen LogP contribution in [0.1, 0.15) is 43.4 Å². The van der Waals surface area contributed by atoms with E-state index in [1.54, 1.807) is 0 Å². The van der Waals surface area contributed by atoms with E-state index in [1.165, 1.54) is 16.7 Å². The van der Waals surface area contributed by atoms with E-state index in [4.69, 9.17) is 5.73 Å². The number of hydrogen-bond donors (Lipinski definition) is 1. The molecule has 1 aromatic carbocycles. The summed E-state index contributed by atoms with van der Waals surface area (Å²) in [5.74, 6) is 1.15. The lowest BCUT2D eigenvalue weighted by atomic mass is 9.83. The summed E-state index contributed by atoms with van der Waals surface area (Å²) in [4.78, 5) is 0. The zero-order chi connectivity index (χ0) is 11.0.